The highest BCUT2D eigenvalue weighted by Gasteiger charge is 2.35. The minimum atomic E-state index is -0.413. The fourth-order valence-corrected chi connectivity index (χ4v) is 5.09. The van der Waals surface area contributed by atoms with Gasteiger partial charge in [0.25, 0.3) is 5.91 Å². The Morgan fingerprint density at radius 1 is 1.27 bits per heavy atom. The van der Waals surface area contributed by atoms with Gasteiger partial charge in [0.1, 0.15) is 4.34 Å². The second kappa shape index (κ2) is 8.23. The molecule has 2 aromatic rings. The van der Waals surface area contributed by atoms with E-state index in [1.165, 1.54) is 11.3 Å². The largest absolute Gasteiger partial charge is 0.462 e. The lowest BCUT2D eigenvalue weighted by Crippen LogP contribution is -2.34. The number of hydrogen-bond donors (Lipinski definition) is 1. The molecule has 1 N–H and O–H groups in total. The number of fused-ring (bicyclic) bond motifs is 1. The molecule has 0 bridgehead atoms. The number of benzene rings is 1. The number of ether oxygens (including phenoxy) is 1. The third kappa shape index (κ3) is 3.79. The van der Waals surface area contributed by atoms with E-state index in [0.29, 0.717) is 28.0 Å². The minimum Gasteiger partial charge on any atom is -0.462 e. The topological polar surface area (TPSA) is 55.4 Å². The van der Waals surface area contributed by atoms with Crippen molar-refractivity contribution in [3.05, 3.63) is 56.2 Å². The Morgan fingerprint density at radius 3 is 2.65 bits per heavy atom. The minimum absolute atomic E-state index is 0.143. The van der Waals surface area contributed by atoms with E-state index in [4.69, 9.17) is 16.3 Å². The zero-order chi connectivity index (χ0) is 18.7. The van der Waals surface area contributed by atoms with Gasteiger partial charge in [-0.3, -0.25) is 4.79 Å². The van der Waals surface area contributed by atoms with E-state index in [-0.39, 0.29) is 11.9 Å². The average molecular weight is 392 g/mol. The van der Waals surface area contributed by atoms with E-state index in [9.17, 15) is 9.59 Å². The van der Waals surface area contributed by atoms with Crippen molar-refractivity contribution in [2.75, 3.05) is 6.61 Å². The molecule has 1 aromatic heterocycles. The summed E-state index contributed by atoms with van der Waals surface area (Å²) < 4.78 is 5.64. The van der Waals surface area contributed by atoms with Crippen LogP contribution in [0.2, 0.25) is 4.34 Å². The molecule has 0 aliphatic heterocycles. The molecule has 26 heavy (non-hydrogen) atoms. The second-order valence-corrected chi connectivity index (χ2v) is 8.12. The number of amides is 1. The number of halogens is 1. The molecule has 2 unspecified atom stereocenters. The molecular weight excluding hydrogens is 370 g/mol. The fourth-order valence-electron chi connectivity index (χ4n) is 3.44. The lowest BCUT2D eigenvalue weighted by molar-refractivity contribution is 0.0523. The molecule has 4 nitrogen and oxygen atoms in total. The van der Waals surface area contributed by atoms with Crippen molar-refractivity contribution >= 4 is 34.8 Å². The molecule has 6 heteroatoms. The van der Waals surface area contributed by atoms with Gasteiger partial charge in [0.15, 0.2) is 0 Å². The van der Waals surface area contributed by atoms with Crippen LogP contribution in [0, 0.1) is 5.92 Å². The van der Waals surface area contributed by atoms with E-state index < -0.39 is 5.97 Å². The predicted molar refractivity (Wildman–Crippen MR) is 104 cm³/mol. The number of carbonyl (C=O) groups is 2. The smallest absolute Gasteiger partial charge is 0.340 e. The first-order valence-electron chi connectivity index (χ1n) is 8.89. The molecule has 1 amide bonds. The van der Waals surface area contributed by atoms with Crippen molar-refractivity contribution in [2.24, 2.45) is 5.92 Å². The number of rotatable bonds is 5. The summed E-state index contributed by atoms with van der Waals surface area (Å²) in [6, 6.07) is 8.87. The van der Waals surface area contributed by atoms with Crippen LogP contribution in [0.25, 0.3) is 0 Å². The van der Waals surface area contributed by atoms with Crippen LogP contribution < -0.4 is 5.32 Å². The molecule has 0 spiro atoms. The Hall–Kier alpha value is -1.85. The molecule has 1 heterocycles. The van der Waals surface area contributed by atoms with Crippen LogP contribution in [0.15, 0.2) is 30.3 Å². The van der Waals surface area contributed by atoms with Gasteiger partial charge in [-0.2, -0.15) is 0 Å². The molecule has 2 atom stereocenters. The van der Waals surface area contributed by atoms with Gasteiger partial charge >= 0.3 is 5.97 Å². The van der Waals surface area contributed by atoms with Crippen LogP contribution in [0.5, 0.6) is 0 Å². The van der Waals surface area contributed by atoms with Crippen molar-refractivity contribution in [3.8, 4) is 0 Å². The Kier molecular flexibility index (Phi) is 5.99. The lowest BCUT2D eigenvalue weighted by atomic mass is 9.82. The third-order valence-corrected chi connectivity index (χ3v) is 6.21. The molecule has 3 rings (SSSR count). The Labute approximate surface area is 162 Å². The van der Waals surface area contributed by atoms with Gasteiger partial charge in [-0.1, -0.05) is 43.1 Å². The molecule has 0 radical (unpaired) electrons. The number of nitrogens with one attached hydrogen (secondary N) is 1. The van der Waals surface area contributed by atoms with Crippen molar-refractivity contribution in [1.29, 1.82) is 0 Å². The van der Waals surface area contributed by atoms with E-state index in [2.05, 4.69) is 12.2 Å². The molecule has 0 saturated carbocycles. The van der Waals surface area contributed by atoms with Crippen molar-refractivity contribution < 1.29 is 14.3 Å². The maximum Gasteiger partial charge on any atom is 0.340 e. The summed E-state index contributed by atoms with van der Waals surface area (Å²) in [4.78, 5) is 26.2. The zero-order valence-electron chi connectivity index (χ0n) is 14.9. The molecule has 1 aliphatic carbocycles. The molecule has 0 fully saturated rings. The summed E-state index contributed by atoms with van der Waals surface area (Å²) in [6.45, 7) is 4.21. The predicted octanol–water partition coefficient (Wildman–Crippen LogP) is 5.02. The third-order valence-electron chi connectivity index (χ3n) is 4.77. The van der Waals surface area contributed by atoms with Crippen LogP contribution in [0.1, 0.15) is 63.9 Å². The van der Waals surface area contributed by atoms with Gasteiger partial charge in [-0.25, -0.2) is 4.79 Å². The maximum absolute atomic E-state index is 12.7. The monoisotopic (exact) mass is 391 g/mol. The second-order valence-electron chi connectivity index (χ2n) is 6.41. The van der Waals surface area contributed by atoms with Gasteiger partial charge in [-0.15, -0.1) is 11.3 Å². The lowest BCUT2D eigenvalue weighted by Gasteiger charge is -2.30. The maximum atomic E-state index is 12.7. The van der Waals surface area contributed by atoms with Gasteiger partial charge in [0, 0.05) is 16.0 Å². The highest BCUT2D eigenvalue weighted by Crippen LogP contribution is 2.45. The quantitative estimate of drug-likeness (QED) is 0.728. The molecule has 1 aliphatic rings. The van der Waals surface area contributed by atoms with Crippen molar-refractivity contribution in [3.63, 3.8) is 0 Å². The molecule has 138 valence electrons. The first-order chi connectivity index (χ1) is 12.5. The Balaban J connectivity index is 1.96. The molecule has 0 saturated heterocycles. The fraction of sp³-hybridized carbons (Fsp3) is 0.400. The van der Waals surface area contributed by atoms with E-state index in [1.54, 1.807) is 19.1 Å². The Morgan fingerprint density at radius 2 is 2.00 bits per heavy atom. The molecular formula is C20H22ClNO3S. The van der Waals surface area contributed by atoms with E-state index in [0.717, 1.165) is 29.7 Å². The standard InChI is InChI=1S/C20H22ClNO3S/c1-3-12-10-14(22-19(23)13-8-6-5-7-9-13)16-15(11-12)26-18(21)17(16)20(24)25-4-2/h5-9,12,14H,3-4,10-11H2,1-2H3,(H,22,23). The highest BCUT2D eigenvalue weighted by molar-refractivity contribution is 7.16. The number of carbonyl (C=O) groups excluding carboxylic acids is 2. The summed E-state index contributed by atoms with van der Waals surface area (Å²) >= 11 is 7.81. The van der Waals surface area contributed by atoms with Crippen LogP contribution in [-0.2, 0) is 11.2 Å². The van der Waals surface area contributed by atoms with E-state index in [1.807, 2.05) is 18.2 Å². The van der Waals surface area contributed by atoms with Gasteiger partial charge in [-0.05, 0) is 37.8 Å². The van der Waals surface area contributed by atoms with Crippen LogP contribution >= 0.6 is 22.9 Å². The van der Waals surface area contributed by atoms with Crippen molar-refractivity contribution in [1.82, 2.24) is 5.32 Å². The van der Waals surface area contributed by atoms with Crippen LogP contribution in [-0.4, -0.2) is 18.5 Å². The van der Waals surface area contributed by atoms with Crippen LogP contribution in [0.3, 0.4) is 0 Å². The SMILES string of the molecule is CCOC(=O)c1c(Cl)sc2c1C(NC(=O)c1ccccc1)CC(CC)C2. The summed E-state index contributed by atoms with van der Waals surface area (Å²) in [6.07, 6.45) is 2.69. The van der Waals surface area contributed by atoms with Crippen LogP contribution in [0.4, 0.5) is 0 Å². The van der Waals surface area contributed by atoms with E-state index >= 15 is 0 Å². The highest BCUT2D eigenvalue weighted by atomic mass is 35.5. The molecule has 1 aromatic carbocycles. The summed E-state index contributed by atoms with van der Waals surface area (Å²) in [7, 11) is 0. The summed E-state index contributed by atoms with van der Waals surface area (Å²) in [5.74, 6) is -0.104. The number of thiophene rings is 1. The summed E-state index contributed by atoms with van der Waals surface area (Å²) in [5.41, 5.74) is 1.86. The number of esters is 1. The summed E-state index contributed by atoms with van der Waals surface area (Å²) in [5, 5.41) is 3.11. The first-order valence-corrected chi connectivity index (χ1v) is 10.1. The normalized spacial score (nSPS) is 18.9. The van der Waals surface area contributed by atoms with Gasteiger partial charge < -0.3 is 10.1 Å². The first kappa shape index (κ1) is 18.9. The zero-order valence-corrected chi connectivity index (χ0v) is 16.5. The van der Waals surface area contributed by atoms with Crippen molar-refractivity contribution in [2.45, 2.75) is 39.2 Å². The Bertz CT molecular complexity index is 803. The average Bonchev–Trinajstić information content (AvgIpc) is 2.98. The number of hydrogen-bond acceptors (Lipinski definition) is 4. The van der Waals surface area contributed by atoms with Gasteiger partial charge in [0.2, 0.25) is 0 Å². The van der Waals surface area contributed by atoms with Gasteiger partial charge in [0.05, 0.1) is 18.2 Å².